The molecule has 1 aliphatic heterocycles. The minimum Gasteiger partial charge on any atom is -0.497 e. The lowest BCUT2D eigenvalue weighted by molar-refractivity contribution is 0.413. The highest BCUT2D eigenvalue weighted by molar-refractivity contribution is 7.91. The molecule has 0 fully saturated rings. The first-order valence-electron chi connectivity index (χ1n) is 8.93. The predicted molar refractivity (Wildman–Crippen MR) is 112 cm³/mol. The molecule has 0 spiro atoms. The molecule has 8 nitrogen and oxygen atoms in total. The Balaban J connectivity index is 1.76. The van der Waals surface area contributed by atoms with E-state index in [0.29, 0.717) is 17.4 Å². The van der Waals surface area contributed by atoms with Gasteiger partial charge in [0.05, 0.1) is 25.4 Å². The molecular formula is C19H20ClN5O3S. The number of halogens is 1. The summed E-state index contributed by atoms with van der Waals surface area (Å²) >= 11 is 6.46. The summed E-state index contributed by atoms with van der Waals surface area (Å²) in [5.41, 5.74) is 1.95. The van der Waals surface area contributed by atoms with Crippen molar-refractivity contribution in [2.24, 2.45) is 0 Å². The van der Waals surface area contributed by atoms with E-state index in [1.807, 2.05) is 48.5 Å². The van der Waals surface area contributed by atoms with Crippen LogP contribution in [0.2, 0.25) is 5.02 Å². The first-order chi connectivity index (χ1) is 13.8. The van der Waals surface area contributed by atoms with Crippen LogP contribution in [0.25, 0.3) is 0 Å². The summed E-state index contributed by atoms with van der Waals surface area (Å²) in [5, 5.41) is 8.33. The molecule has 0 radical (unpaired) electrons. The zero-order valence-corrected chi connectivity index (χ0v) is 17.4. The number of rotatable bonds is 5. The second kappa shape index (κ2) is 7.57. The largest absolute Gasteiger partial charge is 0.497 e. The third-order valence-electron chi connectivity index (χ3n) is 4.75. The van der Waals surface area contributed by atoms with Crippen LogP contribution in [0, 0.1) is 0 Å². The van der Waals surface area contributed by atoms with Crippen molar-refractivity contribution in [3.63, 3.8) is 0 Å². The molecule has 4 rings (SSSR count). The summed E-state index contributed by atoms with van der Waals surface area (Å²) in [6, 6.07) is 15.1. The number of methoxy groups -OCH3 is 1. The molecule has 2 unspecified atom stereocenters. The second-order valence-corrected chi connectivity index (χ2v) is 8.98. The van der Waals surface area contributed by atoms with E-state index < -0.39 is 10.0 Å². The average Bonchev–Trinajstić information content (AvgIpc) is 3.08. The van der Waals surface area contributed by atoms with Crippen molar-refractivity contribution in [3.05, 3.63) is 64.7 Å². The number of anilines is 2. The van der Waals surface area contributed by atoms with Crippen LogP contribution < -0.4 is 14.8 Å². The van der Waals surface area contributed by atoms with E-state index in [0.717, 1.165) is 23.1 Å². The van der Waals surface area contributed by atoms with Crippen LogP contribution in [0.5, 0.6) is 5.75 Å². The fourth-order valence-corrected chi connectivity index (χ4v) is 4.13. The number of fused-ring (bicyclic) bond motifs is 1. The molecule has 0 bridgehead atoms. The summed E-state index contributed by atoms with van der Waals surface area (Å²) in [7, 11) is -1.87. The smallest absolute Gasteiger partial charge is 0.257 e. The molecule has 152 valence electrons. The normalized spacial score (nSPS) is 18.6. The number of nitrogens with one attached hydrogen (secondary N) is 2. The van der Waals surface area contributed by atoms with E-state index in [4.69, 9.17) is 16.3 Å². The Morgan fingerprint density at radius 3 is 2.59 bits per heavy atom. The van der Waals surface area contributed by atoms with Crippen molar-refractivity contribution >= 4 is 33.5 Å². The molecule has 1 aliphatic rings. The minimum atomic E-state index is -3.50. The summed E-state index contributed by atoms with van der Waals surface area (Å²) in [6.07, 6.45) is 1.72. The SMILES string of the molecule is COc1ccc(C2CC(c3ccccc3Cl)n3nc(NS(C)(=O)=O)nc3N2)cc1. The van der Waals surface area contributed by atoms with Gasteiger partial charge < -0.3 is 10.1 Å². The van der Waals surface area contributed by atoms with Gasteiger partial charge in [-0.25, -0.2) is 13.1 Å². The zero-order chi connectivity index (χ0) is 20.6. The van der Waals surface area contributed by atoms with Crippen molar-refractivity contribution in [2.75, 3.05) is 23.4 Å². The first-order valence-corrected chi connectivity index (χ1v) is 11.2. The highest BCUT2D eigenvalue weighted by atomic mass is 35.5. The summed E-state index contributed by atoms with van der Waals surface area (Å²) in [6.45, 7) is 0. The fraction of sp³-hybridized carbons (Fsp3) is 0.263. The number of hydrogen-bond donors (Lipinski definition) is 2. The maximum Gasteiger partial charge on any atom is 0.257 e. The van der Waals surface area contributed by atoms with Gasteiger partial charge >= 0.3 is 0 Å². The van der Waals surface area contributed by atoms with E-state index in [1.165, 1.54) is 0 Å². The molecule has 0 amide bonds. The molecule has 10 heteroatoms. The van der Waals surface area contributed by atoms with Crippen LogP contribution >= 0.6 is 11.6 Å². The molecule has 0 saturated heterocycles. The van der Waals surface area contributed by atoms with Gasteiger partial charge in [-0.3, -0.25) is 4.72 Å². The van der Waals surface area contributed by atoms with Crippen LogP contribution in [0.3, 0.4) is 0 Å². The molecule has 2 atom stereocenters. The van der Waals surface area contributed by atoms with Crippen LogP contribution in [0.15, 0.2) is 48.5 Å². The number of aromatic nitrogens is 3. The average molecular weight is 434 g/mol. The Labute approximate surface area is 173 Å². The highest BCUT2D eigenvalue weighted by Gasteiger charge is 2.32. The lowest BCUT2D eigenvalue weighted by Crippen LogP contribution is -2.28. The molecule has 3 aromatic rings. The van der Waals surface area contributed by atoms with Crippen LogP contribution in [-0.2, 0) is 10.0 Å². The number of ether oxygens (including phenoxy) is 1. The van der Waals surface area contributed by atoms with Gasteiger partial charge in [0.1, 0.15) is 5.75 Å². The van der Waals surface area contributed by atoms with Gasteiger partial charge in [0.15, 0.2) is 0 Å². The fourth-order valence-electron chi connectivity index (χ4n) is 3.45. The summed E-state index contributed by atoms with van der Waals surface area (Å²) in [4.78, 5) is 4.33. The number of benzene rings is 2. The van der Waals surface area contributed by atoms with Gasteiger partial charge in [-0.15, -0.1) is 5.10 Å². The third kappa shape index (κ3) is 4.15. The molecule has 0 aliphatic carbocycles. The Kier molecular flexibility index (Phi) is 5.10. The molecule has 0 saturated carbocycles. The van der Waals surface area contributed by atoms with Gasteiger partial charge in [-0.05, 0) is 35.7 Å². The Hall–Kier alpha value is -2.78. The summed E-state index contributed by atoms with van der Waals surface area (Å²) in [5.74, 6) is 1.26. The number of nitrogens with zero attached hydrogens (tertiary/aromatic N) is 3. The Bertz CT molecular complexity index is 1130. The van der Waals surface area contributed by atoms with Crippen molar-refractivity contribution in [3.8, 4) is 5.75 Å². The molecule has 1 aromatic heterocycles. The second-order valence-electron chi connectivity index (χ2n) is 6.82. The van der Waals surface area contributed by atoms with Gasteiger partial charge in [0.25, 0.3) is 5.95 Å². The van der Waals surface area contributed by atoms with Gasteiger partial charge in [-0.2, -0.15) is 4.98 Å². The minimum absolute atomic E-state index is 0.0161. The molecule has 2 heterocycles. The van der Waals surface area contributed by atoms with E-state index in [1.54, 1.807) is 11.8 Å². The number of sulfonamides is 1. The monoisotopic (exact) mass is 433 g/mol. The van der Waals surface area contributed by atoms with Crippen LogP contribution in [0.4, 0.5) is 11.9 Å². The molecule has 2 aromatic carbocycles. The standard InChI is InChI=1S/C19H20ClN5O3S/c1-28-13-9-7-12(8-10-13)16-11-17(14-5-3-4-6-15(14)20)25-19(21-16)22-18(23-25)24-29(2,26)27/h3-10,16-17H,11H2,1-2H3,(H2,21,22,23,24). The first kappa shape index (κ1) is 19.5. The van der Waals surface area contributed by atoms with Gasteiger partial charge in [0.2, 0.25) is 16.0 Å². The van der Waals surface area contributed by atoms with E-state index in [-0.39, 0.29) is 18.0 Å². The Morgan fingerprint density at radius 1 is 1.21 bits per heavy atom. The van der Waals surface area contributed by atoms with Gasteiger partial charge in [0, 0.05) is 5.02 Å². The van der Waals surface area contributed by atoms with Crippen molar-refractivity contribution in [1.82, 2.24) is 14.8 Å². The van der Waals surface area contributed by atoms with E-state index >= 15 is 0 Å². The Morgan fingerprint density at radius 2 is 1.93 bits per heavy atom. The quantitative estimate of drug-likeness (QED) is 0.639. The maximum atomic E-state index is 11.6. The summed E-state index contributed by atoms with van der Waals surface area (Å²) < 4.78 is 32.5. The van der Waals surface area contributed by atoms with Gasteiger partial charge in [-0.1, -0.05) is 41.9 Å². The van der Waals surface area contributed by atoms with Crippen LogP contribution in [0.1, 0.15) is 29.6 Å². The lowest BCUT2D eigenvalue weighted by atomic mass is 9.93. The van der Waals surface area contributed by atoms with E-state index in [2.05, 4.69) is 20.1 Å². The molecule has 2 N–H and O–H groups in total. The predicted octanol–water partition coefficient (Wildman–Crippen LogP) is 3.46. The topological polar surface area (TPSA) is 98.1 Å². The zero-order valence-electron chi connectivity index (χ0n) is 15.8. The van der Waals surface area contributed by atoms with Crippen molar-refractivity contribution in [2.45, 2.75) is 18.5 Å². The maximum absolute atomic E-state index is 11.6. The highest BCUT2D eigenvalue weighted by Crippen LogP contribution is 2.40. The van der Waals surface area contributed by atoms with Crippen molar-refractivity contribution < 1.29 is 13.2 Å². The van der Waals surface area contributed by atoms with Crippen LogP contribution in [-0.4, -0.2) is 36.5 Å². The molecule has 29 heavy (non-hydrogen) atoms. The third-order valence-corrected chi connectivity index (χ3v) is 5.65. The number of hydrogen-bond acceptors (Lipinski definition) is 6. The van der Waals surface area contributed by atoms with Crippen molar-refractivity contribution in [1.29, 1.82) is 0 Å². The molecular weight excluding hydrogens is 414 g/mol. The van der Waals surface area contributed by atoms with E-state index in [9.17, 15) is 8.42 Å². The lowest BCUT2D eigenvalue weighted by Gasteiger charge is -2.32.